The van der Waals surface area contributed by atoms with Crippen molar-refractivity contribution in [3.63, 3.8) is 0 Å². The van der Waals surface area contributed by atoms with Gasteiger partial charge in [-0.25, -0.2) is 5.10 Å². The average Bonchev–Trinajstić information content (AvgIpc) is 2.83. The first-order chi connectivity index (χ1) is 8.16. The lowest BCUT2D eigenvalue weighted by molar-refractivity contribution is 0.0709. The minimum atomic E-state index is -0.325. The Morgan fingerprint density at radius 2 is 2.47 bits per heavy atom. The molecule has 1 amide bonds. The van der Waals surface area contributed by atoms with Crippen LogP contribution in [0.4, 0.5) is 0 Å². The number of ether oxygens (including phenoxy) is 1. The monoisotopic (exact) mass is 237 g/mol. The molecule has 1 aliphatic rings. The normalized spacial score (nSPS) is 21.1. The van der Waals surface area contributed by atoms with E-state index in [2.05, 4.69) is 15.5 Å². The number of hydrogen-bond donors (Lipinski definition) is 2. The maximum Gasteiger partial charge on any atom is 0.272 e. The van der Waals surface area contributed by atoms with Crippen LogP contribution in [-0.4, -0.2) is 34.9 Å². The smallest absolute Gasteiger partial charge is 0.272 e. The van der Waals surface area contributed by atoms with E-state index in [1.54, 1.807) is 0 Å². The number of aromatic nitrogens is 2. The molecule has 0 bridgehead atoms. The molecular weight excluding hydrogens is 222 g/mol. The number of H-pyrrole nitrogens is 1. The van der Waals surface area contributed by atoms with Gasteiger partial charge >= 0.3 is 0 Å². The van der Waals surface area contributed by atoms with Gasteiger partial charge in [-0.3, -0.25) is 9.59 Å². The average molecular weight is 237 g/mol. The van der Waals surface area contributed by atoms with Gasteiger partial charge in [0, 0.05) is 12.7 Å². The third-order valence-electron chi connectivity index (χ3n) is 2.79. The van der Waals surface area contributed by atoms with Crippen LogP contribution in [0.5, 0.6) is 0 Å². The molecular formula is C11H15N3O3. The first kappa shape index (κ1) is 11.8. The second kappa shape index (κ2) is 5.09. The molecule has 1 saturated heterocycles. The number of nitrogens with zero attached hydrogens (tertiary/aromatic N) is 1. The van der Waals surface area contributed by atoms with Gasteiger partial charge in [-0.15, -0.1) is 0 Å². The summed E-state index contributed by atoms with van der Waals surface area (Å²) in [4.78, 5) is 22.6. The van der Waals surface area contributed by atoms with Gasteiger partial charge in [-0.2, -0.15) is 5.10 Å². The number of hydrogen-bond acceptors (Lipinski definition) is 4. The molecule has 2 rings (SSSR count). The zero-order chi connectivity index (χ0) is 12.3. The van der Waals surface area contributed by atoms with Crippen LogP contribution in [-0.2, 0) is 4.74 Å². The van der Waals surface area contributed by atoms with Crippen molar-refractivity contribution < 1.29 is 9.53 Å². The molecule has 1 aliphatic heterocycles. The molecule has 2 atom stereocenters. The van der Waals surface area contributed by atoms with E-state index in [9.17, 15) is 9.59 Å². The van der Waals surface area contributed by atoms with Crippen molar-refractivity contribution >= 4 is 5.91 Å². The second-order valence-corrected chi connectivity index (χ2v) is 4.12. The van der Waals surface area contributed by atoms with E-state index in [4.69, 9.17) is 4.74 Å². The molecule has 1 aromatic heterocycles. The SMILES string of the molecule is CC(NC(=O)c1ccc(=O)[nH]n1)C1CCCO1. The van der Waals surface area contributed by atoms with E-state index in [0.717, 1.165) is 19.4 Å². The Kier molecular flexibility index (Phi) is 3.53. The lowest BCUT2D eigenvalue weighted by Crippen LogP contribution is -2.41. The molecule has 0 aliphatic carbocycles. The maximum atomic E-state index is 11.8. The fraction of sp³-hybridized carbons (Fsp3) is 0.545. The Bertz CT molecular complexity index is 431. The zero-order valence-electron chi connectivity index (χ0n) is 9.60. The highest BCUT2D eigenvalue weighted by Crippen LogP contribution is 2.15. The van der Waals surface area contributed by atoms with Gasteiger partial charge in [0.15, 0.2) is 0 Å². The van der Waals surface area contributed by atoms with Crippen molar-refractivity contribution in [3.8, 4) is 0 Å². The van der Waals surface area contributed by atoms with Gasteiger partial charge < -0.3 is 10.1 Å². The number of carbonyl (C=O) groups is 1. The van der Waals surface area contributed by atoms with Gasteiger partial charge in [0.1, 0.15) is 5.69 Å². The van der Waals surface area contributed by atoms with Crippen LogP contribution in [0.15, 0.2) is 16.9 Å². The van der Waals surface area contributed by atoms with Crippen LogP contribution < -0.4 is 10.9 Å². The van der Waals surface area contributed by atoms with Crippen molar-refractivity contribution in [2.24, 2.45) is 0 Å². The van der Waals surface area contributed by atoms with Gasteiger partial charge in [-0.1, -0.05) is 0 Å². The molecule has 2 unspecified atom stereocenters. The molecule has 0 aromatic carbocycles. The summed E-state index contributed by atoms with van der Waals surface area (Å²) in [5, 5.41) is 8.70. The predicted molar refractivity (Wildman–Crippen MR) is 60.8 cm³/mol. The number of aromatic amines is 1. The lowest BCUT2D eigenvalue weighted by Gasteiger charge is -2.19. The number of nitrogens with one attached hydrogen (secondary N) is 2. The fourth-order valence-electron chi connectivity index (χ4n) is 1.84. The van der Waals surface area contributed by atoms with Crippen molar-refractivity contribution in [3.05, 3.63) is 28.2 Å². The Morgan fingerprint density at radius 3 is 3.06 bits per heavy atom. The van der Waals surface area contributed by atoms with E-state index < -0.39 is 0 Å². The summed E-state index contributed by atoms with van der Waals surface area (Å²) in [5.41, 5.74) is -0.122. The van der Waals surface area contributed by atoms with Crippen LogP contribution in [0.2, 0.25) is 0 Å². The summed E-state index contributed by atoms with van der Waals surface area (Å²) >= 11 is 0. The molecule has 1 fully saturated rings. The molecule has 92 valence electrons. The molecule has 6 heteroatoms. The third kappa shape index (κ3) is 2.91. The largest absolute Gasteiger partial charge is 0.376 e. The molecule has 0 saturated carbocycles. The van der Waals surface area contributed by atoms with Crippen molar-refractivity contribution in [1.29, 1.82) is 0 Å². The van der Waals surface area contributed by atoms with E-state index in [1.807, 2.05) is 6.92 Å². The molecule has 0 spiro atoms. The number of carbonyl (C=O) groups excluding carboxylic acids is 1. The topological polar surface area (TPSA) is 84.1 Å². The molecule has 2 N–H and O–H groups in total. The fourth-order valence-corrected chi connectivity index (χ4v) is 1.84. The third-order valence-corrected chi connectivity index (χ3v) is 2.79. The van der Waals surface area contributed by atoms with Crippen LogP contribution in [0, 0.1) is 0 Å². The van der Waals surface area contributed by atoms with Gasteiger partial charge in [-0.05, 0) is 25.8 Å². The Labute approximate surface area is 98.4 Å². The molecule has 0 radical (unpaired) electrons. The van der Waals surface area contributed by atoms with Crippen molar-refractivity contribution in [1.82, 2.24) is 15.5 Å². The lowest BCUT2D eigenvalue weighted by atomic mass is 10.1. The number of amides is 1. The van der Waals surface area contributed by atoms with E-state index in [1.165, 1.54) is 12.1 Å². The van der Waals surface area contributed by atoms with Crippen LogP contribution in [0.1, 0.15) is 30.3 Å². The second-order valence-electron chi connectivity index (χ2n) is 4.12. The minimum absolute atomic E-state index is 0.0567. The van der Waals surface area contributed by atoms with E-state index in [0.29, 0.717) is 0 Å². The molecule has 17 heavy (non-hydrogen) atoms. The summed E-state index contributed by atoms with van der Waals surface area (Å²) < 4.78 is 5.48. The van der Waals surface area contributed by atoms with Gasteiger partial charge in [0.2, 0.25) is 0 Å². The standard InChI is InChI=1S/C11H15N3O3/c1-7(9-3-2-6-17-9)12-11(16)8-4-5-10(15)14-13-8/h4-5,7,9H,2-3,6H2,1H3,(H,12,16)(H,14,15). The summed E-state index contributed by atoms with van der Waals surface area (Å²) in [6, 6.07) is 2.62. The predicted octanol–water partition coefficient (Wildman–Crippen LogP) is 0.0672. The summed E-state index contributed by atoms with van der Waals surface area (Å²) in [6.07, 6.45) is 2.06. The molecule has 6 nitrogen and oxygen atoms in total. The molecule has 2 heterocycles. The maximum absolute atomic E-state index is 11.8. The van der Waals surface area contributed by atoms with E-state index >= 15 is 0 Å². The highest BCUT2D eigenvalue weighted by Gasteiger charge is 2.24. The van der Waals surface area contributed by atoms with Crippen LogP contribution >= 0.6 is 0 Å². The summed E-state index contributed by atoms with van der Waals surface area (Å²) in [7, 11) is 0. The Hall–Kier alpha value is -1.69. The first-order valence-corrected chi connectivity index (χ1v) is 5.65. The Morgan fingerprint density at radius 1 is 1.65 bits per heavy atom. The van der Waals surface area contributed by atoms with Gasteiger partial charge in [0.25, 0.3) is 11.5 Å². The Balaban J connectivity index is 1.96. The van der Waals surface area contributed by atoms with Crippen molar-refractivity contribution in [2.75, 3.05) is 6.61 Å². The number of rotatable bonds is 3. The first-order valence-electron chi connectivity index (χ1n) is 5.65. The minimum Gasteiger partial charge on any atom is -0.376 e. The van der Waals surface area contributed by atoms with Gasteiger partial charge in [0.05, 0.1) is 12.1 Å². The van der Waals surface area contributed by atoms with E-state index in [-0.39, 0.29) is 29.3 Å². The quantitative estimate of drug-likeness (QED) is 0.779. The highest BCUT2D eigenvalue weighted by atomic mass is 16.5. The van der Waals surface area contributed by atoms with Crippen LogP contribution in [0.3, 0.4) is 0 Å². The van der Waals surface area contributed by atoms with Crippen molar-refractivity contribution in [2.45, 2.75) is 31.9 Å². The van der Waals surface area contributed by atoms with Crippen LogP contribution in [0.25, 0.3) is 0 Å². The summed E-state index contributed by atoms with van der Waals surface area (Å²) in [6.45, 7) is 2.65. The molecule has 1 aromatic rings. The highest BCUT2D eigenvalue weighted by molar-refractivity contribution is 5.92. The zero-order valence-corrected chi connectivity index (χ0v) is 9.60. The summed E-state index contributed by atoms with van der Waals surface area (Å²) in [5.74, 6) is -0.302.